The normalized spacial score (nSPS) is 19.9. The summed E-state index contributed by atoms with van der Waals surface area (Å²) in [5.74, 6) is -0.0575. The zero-order valence-electron chi connectivity index (χ0n) is 15.3. The van der Waals surface area contributed by atoms with Crippen molar-refractivity contribution < 1.29 is 13.2 Å². The number of amides is 1. The van der Waals surface area contributed by atoms with Gasteiger partial charge in [0.2, 0.25) is 5.91 Å². The first-order valence-corrected chi connectivity index (χ1v) is 11.8. The molecular weight excluding hydrogens is 386 g/mol. The number of aromatic nitrogens is 2. The van der Waals surface area contributed by atoms with E-state index in [4.69, 9.17) is 0 Å². The van der Waals surface area contributed by atoms with E-state index in [0.717, 1.165) is 6.42 Å². The van der Waals surface area contributed by atoms with Crippen LogP contribution < -0.4 is 10.9 Å². The van der Waals surface area contributed by atoms with Crippen LogP contribution in [-0.2, 0) is 14.6 Å². The maximum atomic E-state index is 12.9. The van der Waals surface area contributed by atoms with Gasteiger partial charge in [-0.2, -0.15) is 0 Å². The fourth-order valence-electron chi connectivity index (χ4n) is 3.11. The Morgan fingerprint density at radius 3 is 2.81 bits per heavy atom. The number of carbonyl (C=O) groups is 1. The van der Waals surface area contributed by atoms with Crippen LogP contribution in [0.2, 0.25) is 0 Å². The molecule has 2 heterocycles. The molecule has 7 nitrogen and oxygen atoms in total. The van der Waals surface area contributed by atoms with Crippen LogP contribution in [0.25, 0.3) is 10.9 Å². The number of thioether (sulfide) groups is 1. The number of rotatable bonds is 6. The molecule has 0 radical (unpaired) electrons. The molecule has 146 valence electrons. The van der Waals surface area contributed by atoms with Gasteiger partial charge in [-0.1, -0.05) is 30.8 Å². The second-order valence-electron chi connectivity index (χ2n) is 6.80. The molecule has 1 fully saturated rings. The molecule has 1 aliphatic rings. The summed E-state index contributed by atoms with van der Waals surface area (Å²) in [6.45, 7) is 3.94. The van der Waals surface area contributed by atoms with Gasteiger partial charge in [-0.05, 0) is 31.9 Å². The molecule has 0 aliphatic carbocycles. The minimum absolute atomic E-state index is 0.00475. The molecule has 1 saturated heterocycles. The minimum Gasteiger partial charge on any atom is -0.352 e. The molecule has 1 amide bonds. The van der Waals surface area contributed by atoms with E-state index >= 15 is 0 Å². The highest BCUT2D eigenvalue weighted by Crippen LogP contribution is 2.22. The smallest absolute Gasteiger partial charge is 0.262 e. The lowest BCUT2D eigenvalue weighted by Gasteiger charge is -2.18. The number of nitrogens with zero attached hydrogens (tertiary/aromatic N) is 2. The standard InChI is InChI=1S/C18H23N3O4S2/c1-3-12(2)21-17(23)14-6-4-5-7-15(14)20-18(21)26-10-16(22)19-13-8-9-27(24,25)11-13/h4-7,12-13H,3,8-11H2,1-2H3,(H,19,22)/t12-,13+/m1/s1. The van der Waals surface area contributed by atoms with E-state index in [1.165, 1.54) is 11.8 Å². The van der Waals surface area contributed by atoms with E-state index in [-0.39, 0.29) is 40.8 Å². The molecular formula is C18H23N3O4S2. The fourth-order valence-corrected chi connectivity index (χ4v) is 5.69. The summed E-state index contributed by atoms with van der Waals surface area (Å²) in [6, 6.07) is 6.80. The van der Waals surface area contributed by atoms with Crippen LogP contribution in [0.3, 0.4) is 0 Å². The Bertz CT molecular complexity index is 1020. The number of hydrogen-bond acceptors (Lipinski definition) is 6. The van der Waals surface area contributed by atoms with Crippen LogP contribution >= 0.6 is 11.8 Å². The van der Waals surface area contributed by atoms with Gasteiger partial charge in [-0.25, -0.2) is 13.4 Å². The molecule has 1 aromatic carbocycles. The van der Waals surface area contributed by atoms with E-state index in [0.29, 0.717) is 22.5 Å². The Balaban J connectivity index is 1.79. The van der Waals surface area contributed by atoms with Crippen LogP contribution in [-0.4, -0.2) is 47.2 Å². The number of benzene rings is 1. The topological polar surface area (TPSA) is 98.1 Å². The van der Waals surface area contributed by atoms with Crippen molar-refractivity contribution in [3.8, 4) is 0 Å². The van der Waals surface area contributed by atoms with Crippen LogP contribution in [0.5, 0.6) is 0 Å². The van der Waals surface area contributed by atoms with Crippen molar-refractivity contribution in [1.29, 1.82) is 0 Å². The van der Waals surface area contributed by atoms with Gasteiger partial charge in [0.1, 0.15) is 0 Å². The predicted octanol–water partition coefficient (Wildman–Crippen LogP) is 1.76. The molecule has 0 unspecified atom stereocenters. The van der Waals surface area contributed by atoms with Crippen molar-refractivity contribution in [1.82, 2.24) is 14.9 Å². The summed E-state index contributed by atoms with van der Waals surface area (Å²) in [5, 5.41) is 3.83. The Hall–Kier alpha value is -1.87. The second kappa shape index (κ2) is 8.02. The Labute approximate surface area is 162 Å². The molecule has 1 aliphatic heterocycles. The predicted molar refractivity (Wildman–Crippen MR) is 107 cm³/mol. The summed E-state index contributed by atoms with van der Waals surface area (Å²) >= 11 is 1.20. The lowest BCUT2D eigenvalue weighted by Crippen LogP contribution is -2.37. The van der Waals surface area contributed by atoms with Crippen molar-refractivity contribution in [3.63, 3.8) is 0 Å². The summed E-state index contributed by atoms with van der Waals surface area (Å²) in [6.07, 6.45) is 1.21. The third-order valence-corrected chi connectivity index (χ3v) is 7.46. The molecule has 2 aromatic rings. The third kappa shape index (κ3) is 4.52. The minimum atomic E-state index is -3.04. The molecule has 27 heavy (non-hydrogen) atoms. The average molecular weight is 410 g/mol. The van der Waals surface area contributed by atoms with Gasteiger partial charge in [0.15, 0.2) is 15.0 Å². The van der Waals surface area contributed by atoms with Gasteiger partial charge in [-0.3, -0.25) is 14.2 Å². The fraction of sp³-hybridized carbons (Fsp3) is 0.500. The van der Waals surface area contributed by atoms with Crippen molar-refractivity contribution in [2.75, 3.05) is 17.3 Å². The number of carbonyl (C=O) groups excluding carboxylic acids is 1. The quantitative estimate of drug-likeness (QED) is 0.577. The highest BCUT2D eigenvalue weighted by Gasteiger charge is 2.29. The summed E-state index contributed by atoms with van der Waals surface area (Å²) in [5.41, 5.74) is 0.492. The van der Waals surface area contributed by atoms with E-state index in [1.54, 1.807) is 16.7 Å². The molecule has 0 bridgehead atoms. The monoisotopic (exact) mass is 409 g/mol. The molecule has 1 N–H and O–H groups in total. The van der Waals surface area contributed by atoms with Crippen LogP contribution in [0.4, 0.5) is 0 Å². The second-order valence-corrected chi connectivity index (χ2v) is 9.97. The summed E-state index contributed by atoms with van der Waals surface area (Å²) < 4.78 is 24.7. The van der Waals surface area contributed by atoms with Crippen LogP contribution in [0, 0.1) is 0 Å². The molecule has 1 aromatic heterocycles. The van der Waals surface area contributed by atoms with Gasteiger partial charge >= 0.3 is 0 Å². The molecule has 2 atom stereocenters. The van der Waals surface area contributed by atoms with Crippen LogP contribution in [0.15, 0.2) is 34.2 Å². The number of nitrogens with one attached hydrogen (secondary N) is 1. The first-order chi connectivity index (χ1) is 12.8. The highest BCUT2D eigenvalue weighted by molar-refractivity contribution is 7.99. The van der Waals surface area contributed by atoms with Gasteiger partial charge in [0.05, 0.1) is 28.2 Å². The number of sulfone groups is 1. The van der Waals surface area contributed by atoms with Crippen molar-refractivity contribution in [2.24, 2.45) is 0 Å². The summed E-state index contributed by atoms with van der Waals surface area (Å²) in [7, 11) is -3.04. The lowest BCUT2D eigenvalue weighted by atomic mass is 10.2. The zero-order chi connectivity index (χ0) is 19.6. The van der Waals surface area contributed by atoms with Gasteiger partial charge in [0, 0.05) is 12.1 Å². The van der Waals surface area contributed by atoms with Gasteiger partial charge in [-0.15, -0.1) is 0 Å². The lowest BCUT2D eigenvalue weighted by molar-refractivity contribution is -0.119. The first kappa shape index (κ1) is 19.9. The largest absolute Gasteiger partial charge is 0.352 e. The van der Waals surface area contributed by atoms with E-state index in [1.807, 2.05) is 26.0 Å². The van der Waals surface area contributed by atoms with Crippen molar-refractivity contribution in [3.05, 3.63) is 34.6 Å². The Kier molecular flexibility index (Phi) is 5.90. The molecule has 0 spiro atoms. The zero-order valence-corrected chi connectivity index (χ0v) is 17.0. The van der Waals surface area contributed by atoms with Crippen molar-refractivity contribution in [2.45, 2.75) is 43.9 Å². The number of fused-ring (bicyclic) bond motifs is 1. The van der Waals surface area contributed by atoms with E-state index < -0.39 is 9.84 Å². The van der Waals surface area contributed by atoms with Crippen molar-refractivity contribution >= 4 is 38.4 Å². The highest BCUT2D eigenvalue weighted by atomic mass is 32.2. The molecule has 3 rings (SSSR count). The maximum absolute atomic E-state index is 12.9. The first-order valence-electron chi connectivity index (χ1n) is 8.94. The van der Waals surface area contributed by atoms with Gasteiger partial charge in [0.25, 0.3) is 5.56 Å². The van der Waals surface area contributed by atoms with E-state index in [9.17, 15) is 18.0 Å². The van der Waals surface area contributed by atoms with Gasteiger partial charge < -0.3 is 5.32 Å². The number of para-hydroxylation sites is 1. The Morgan fingerprint density at radius 2 is 2.15 bits per heavy atom. The third-order valence-electron chi connectivity index (χ3n) is 4.74. The molecule has 0 saturated carbocycles. The average Bonchev–Trinajstić information content (AvgIpc) is 2.98. The number of hydrogen-bond donors (Lipinski definition) is 1. The Morgan fingerprint density at radius 1 is 1.41 bits per heavy atom. The maximum Gasteiger partial charge on any atom is 0.262 e. The van der Waals surface area contributed by atoms with E-state index in [2.05, 4.69) is 10.3 Å². The van der Waals surface area contributed by atoms with Crippen LogP contribution in [0.1, 0.15) is 32.7 Å². The molecule has 9 heteroatoms. The summed E-state index contributed by atoms with van der Waals surface area (Å²) in [4.78, 5) is 29.7. The SMILES string of the molecule is CC[C@@H](C)n1c(SCC(=O)N[C@H]2CCS(=O)(=O)C2)nc2ccccc2c1=O.